The Bertz CT molecular complexity index is 485. The summed E-state index contributed by atoms with van der Waals surface area (Å²) < 4.78 is 2.06. The SMILES string of the molecule is CCn1nc(C)c(Cl)c1CN1CCNC2(CCCCC2)C1. The van der Waals surface area contributed by atoms with E-state index < -0.39 is 0 Å². The molecule has 0 amide bonds. The highest BCUT2D eigenvalue weighted by Crippen LogP contribution is 2.31. The maximum Gasteiger partial charge on any atom is 0.0860 e. The van der Waals surface area contributed by atoms with Gasteiger partial charge in [-0.25, -0.2) is 0 Å². The molecule has 2 aliphatic rings. The van der Waals surface area contributed by atoms with E-state index in [0.717, 1.165) is 43.4 Å². The fourth-order valence-electron chi connectivity index (χ4n) is 3.97. The lowest BCUT2D eigenvalue weighted by Gasteiger charge is -2.46. The molecule has 4 nitrogen and oxygen atoms in total. The molecule has 5 heteroatoms. The van der Waals surface area contributed by atoms with Gasteiger partial charge in [-0.2, -0.15) is 5.10 Å². The van der Waals surface area contributed by atoms with Crippen LogP contribution >= 0.6 is 11.6 Å². The molecule has 0 unspecified atom stereocenters. The van der Waals surface area contributed by atoms with Gasteiger partial charge in [-0.1, -0.05) is 30.9 Å². The monoisotopic (exact) mass is 310 g/mol. The van der Waals surface area contributed by atoms with Crippen LogP contribution in [-0.4, -0.2) is 39.9 Å². The summed E-state index contributed by atoms with van der Waals surface area (Å²) in [5, 5.41) is 9.20. The van der Waals surface area contributed by atoms with Crippen LogP contribution in [0.5, 0.6) is 0 Å². The third-order valence-electron chi connectivity index (χ3n) is 5.09. The highest BCUT2D eigenvalue weighted by atomic mass is 35.5. The molecule has 2 fully saturated rings. The van der Waals surface area contributed by atoms with E-state index in [4.69, 9.17) is 11.6 Å². The van der Waals surface area contributed by atoms with Crippen molar-refractivity contribution in [3.63, 3.8) is 0 Å². The van der Waals surface area contributed by atoms with Crippen molar-refractivity contribution in [1.29, 1.82) is 0 Å². The van der Waals surface area contributed by atoms with Crippen molar-refractivity contribution < 1.29 is 0 Å². The van der Waals surface area contributed by atoms with Crippen LogP contribution in [0.1, 0.15) is 50.4 Å². The normalized spacial score (nSPS) is 22.8. The Morgan fingerprint density at radius 1 is 1.29 bits per heavy atom. The fourth-order valence-corrected chi connectivity index (χ4v) is 4.17. The number of hydrogen-bond donors (Lipinski definition) is 1. The smallest absolute Gasteiger partial charge is 0.0860 e. The Morgan fingerprint density at radius 3 is 2.76 bits per heavy atom. The zero-order valence-electron chi connectivity index (χ0n) is 13.3. The molecule has 1 aromatic rings. The Morgan fingerprint density at radius 2 is 2.05 bits per heavy atom. The maximum atomic E-state index is 6.46. The van der Waals surface area contributed by atoms with Gasteiger partial charge in [0.25, 0.3) is 0 Å². The van der Waals surface area contributed by atoms with E-state index in [0.29, 0.717) is 5.54 Å². The average molecular weight is 311 g/mol. The first-order valence-corrected chi connectivity index (χ1v) is 8.70. The molecule has 0 bridgehead atoms. The van der Waals surface area contributed by atoms with Crippen molar-refractivity contribution in [2.45, 2.75) is 64.6 Å². The number of aromatic nitrogens is 2. The number of nitrogens with one attached hydrogen (secondary N) is 1. The van der Waals surface area contributed by atoms with Gasteiger partial charge in [0, 0.05) is 38.3 Å². The average Bonchev–Trinajstić information content (AvgIpc) is 2.76. The standard InChI is InChI=1S/C16H27ClN4/c1-3-21-14(15(17)13(2)19-21)11-20-10-9-18-16(12-20)7-5-4-6-8-16/h18H,3-12H2,1-2H3. The molecule has 1 N–H and O–H groups in total. The van der Waals surface area contributed by atoms with Crippen molar-refractivity contribution >= 4 is 11.6 Å². The first-order chi connectivity index (χ1) is 10.1. The second-order valence-electron chi connectivity index (χ2n) is 6.64. The molecule has 2 heterocycles. The van der Waals surface area contributed by atoms with Gasteiger partial charge in [-0.05, 0) is 26.7 Å². The lowest BCUT2D eigenvalue weighted by atomic mass is 9.80. The second kappa shape index (κ2) is 6.27. The number of piperazine rings is 1. The molecule has 0 aromatic carbocycles. The van der Waals surface area contributed by atoms with Gasteiger partial charge in [0.2, 0.25) is 0 Å². The highest BCUT2D eigenvalue weighted by Gasteiger charge is 2.36. The lowest BCUT2D eigenvalue weighted by Crippen LogP contribution is -2.60. The van der Waals surface area contributed by atoms with Crippen LogP contribution in [0.25, 0.3) is 0 Å². The topological polar surface area (TPSA) is 33.1 Å². The van der Waals surface area contributed by atoms with E-state index in [1.54, 1.807) is 0 Å². The quantitative estimate of drug-likeness (QED) is 0.932. The zero-order chi connectivity index (χ0) is 14.9. The Kier molecular flexibility index (Phi) is 4.57. The van der Waals surface area contributed by atoms with Gasteiger partial charge in [0.05, 0.1) is 16.4 Å². The van der Waals surface area contributed by atoms with Crippen LogP contribution in [0.3, 0.4) is 0 Å². The third kappa shape index (κ3) is 3.13. The van der Waals surface area contributed by atoms with Gasteiger partial charge in [0.15, 0.2) is 0 Å². The van der Waals surface area contributed by atoms with Crippen molar-refractivity contribution in [1.82, 2.24) is 20.0 Å². The van der Waals surface area contributed by atoms with Crippen LogP contribution < -0.4 is 5.32 Å². The number of nitrogens with zero attached hydrogens (tertiary/aromatic N) is 3. The van der Waals surface area contributed by atoms with Gasteiger partial charge in [-0.15, -0.1) is 0 Å². The zero-order valence-corrected chi connectivity index (χ0v) is 14.0. The molecule has 1 saturated heterocycles. The van der Waals surface area contributed by atoms with Crippen LogP contribution in [0.4, 0.5) is 0 Å². The van der Waals surface area contributed by atoms with Crippen LogP contribution in [0.15, 0.2) is 0 Å². The Hall–Kier alpha value is -0.580. The second-order valence-corrected chi connectivity index (χ2v) is 7.02. The fraction of sp³-hybridized carbons (Fsp3) is 0.812. The third-order valence-corrected chi connectivity index (χ3v) is 5.58. The van der Waals surface area contributed by atoms with Crippen LogP contribution in [0.2, 0.25) is 5.02 Å². The summed E-state index contributed by atoms with van der Waals surface area (Å²) in [4.78, 5) is 2.57. The molecule has 3 rings (SSSR count). The maximum absolute atomic E-state index is 6.46. The molecule has 1 spiro atoms. The Labute approximate surface area is 132 Å². The van der Waals surface area contributed by atoms with Crippen LogP contribution in [-0.2, 0) is 13.1 Å². The minimum Gasteiger partial charge on any atom is -0.309 e. The van der Waals surface area contributed by atoms with E-state index in [9.17, 15) is 0 Å². The van der Waals surface area contributed by atoms with Gasteiger partial charge >= 0.3 is 0 Å². The summed E-state index contributed by atoms with van der Waals surface area (Å²) in [6.07, 6.45) is 6.78. The van der Waals surface area contributed by atoms with Gasteiger partial charge < -0.3 is 5.32 Å². The predicted octanol–water partition coefficient (Wildman–Crippen LogP) is 2.97. The molecule has 0 radical (unpaired) electrons. The molecule has 1 saturated carbocycles. The first-order valence-electron chi connectivity index (χ1n) is 8.33. The summed E-state index contributed by atoms with van der Waals surface area (Å²) >= 11 is 6.46. The van der Waals surface area contributed by atoms with E-state index in [-0.39, 0.29) is 0 Å². The molecule has 0 atom stereocenters. The van der Waals surface area contributed by atoms with Crippen molar-refractivity contribution in [3.05, 3.63) is 16.4 Å². The van der Waals surface area contributed by atoms with Crippen molar-refractivity contribution in [2.75, 3.05) is 19.6 Å². The van der Waals surface area contributed by atoms with Crippen LogP contribution in [0, 0.1) is 6.92 Å². The predicted molar refractivity (Wildman–Crippen MR) is 86.7 cm³/mol. The summed E-state index contributed by atoms with van der Waals surface area (Å²) in [7, 11) is 0. The van der Waals surface area contributed by atoms with Crippen molar-refractivity contribution in [2.24, 2.45) is 0 Å². The molecular weight excluding hydrogens is 284 g/mol. The van der Waals surface area contributed by atoms with Crippen molar-refractivity contribution in [3.8, 4) is 0 Å². The highest BCUT2D eigenvalue weighted by molar-refractivity contribution is 6.31. The summed E-state index contributed by atoms with van der Waals surface area (Å²) in [6.45, 7) is 9.29. The Balaban J connectivity index is 1.73. The first kappa shape index (κ1) is 15.3. The molecule has 1 aliphatic carbocycles. The summed E-state index contributed by atoms with van der Waals surface area (Å²) in [6, 6.07) is 0. The minimum atomic E-state index is 0.356. The van der Waals surface area contributed by atoms with E-state index >= 15 is 0 Å². The molecule has 118 valence electrons. The largest absolute Gasteiger partial charge is 0.309 e. The van der Waals surface area contributed by atoms with E-state index in [1.807, 2.05) is 6.92 Å². The van der Waals surface area contributed by atoms with Gasteiger partial charge in [0.1, 0.15) is 0 Å². The van der Waals surface area contributed by atoms with E-state index in [2.05, 4.69) is 26.9 Å². The molecular formula is C16H27ClN4. The molecule has 1 aromatic heterocycles. The molecule has 1 aliphatic heterocycles. The number of aryl methyl sites for hydroxylation is 2. The summed E-state index contributed by atoms with van der Waals surface area (Å²) in [5.41, 5.74) is 2.50. The number of hydrogen-bond acceptors (Lipinski definition) is 3. The number of rotatable bonds is 3. The minimum absolute atomic E-state index is 0.356. The van der Waals surface area contributed by atoms with E-state index in [1.165, 1.54) is 37.8 Å². The molecule has 21 heavy (non-hydrogen) atoms. The summed E-state index contributed by atoms with van der Waals surface area (Å²) in [5.74, 6) is 0. The lowest BCUT2D eigenvalue weighted by molar-refractivity contribution is 0.0926. The van der Waals surface area contributed by atoms with Gasteiger partial charge in [-0.3, -0.25) is 9.58 Å². The number of halogens is 1.